The fourth-order valence-corrected chi connectivity index (χ4v) is 3.48. The number of nitrogens with one attached hydrogen (secondary N) is 1. The molecular weight excluding hydrogens is 416 g/mol. The molecule has 162 valence electrons. The summed E-state index contributed by atoms with van der Waals surface area (Å²) in [6.07, 6.45) is 0. The van der Waals surface area contributed by atoms with E-state index in [2.05, 4.69) is 10.5 Å². The summed E-state index contributed by atoms with van der Waals surface area (Å²) < 4.78 is 11.2. The predicted octanol–water partition coefficient (Wildman–Crippen LogP) is 4.50. The van der Waals surface area contributed by atoms with Crippen molar-refractivity contribution in [3.05, 3.63) is 98.1 Å². The van der Waals surface area contributed by atoms with E-state index in [1.807, 2.05) is 36.4 Å². The number of nitro groups is 2. The van der Waals surface area contributed by atoms with Crippen LogP contribution < -0.4 is 14.9 Å². The summed E-state index contributed by atoms with van der Waals surface area (Å²) >= 11 is 0. The fourth-order valence-electron chi connectivity index (χ4n) is 3.48. The number of ether oxygens (including phenoxy) is 2. The van der Waals surface area contributed by atoms with Gasteiger partial charge in [0.1, 0.15) is 23.8 Å². The predicted molar refractivity (Wildman–Crippen MR) is 118 cm³/mol. The molecule has 1 heterocycles. The average Bonchev–Trinajstić information content (AvgIpc) is 2.82. The molecule has 1 unspecified atom stereocenters. The first-order valence-electron chi connectivity index (χ1n) is 9.60. The maximum atomic E-state index is 11.5. The summed E-state index contributed by atoms with van der Waals surface area (Å²) in [6.45, 7) is 0.313. The van der Waals surface area contributed by atoms with Gasteiger partial charge in [-0.25, -0.2) is 0 Å². The maximum absolute atomic E-state index is 11.5. The van der Waals surface area contributed by atoms with E-state index in [0.717, 1.165) is 11.6 Å². The number of hydrazone groups is 1. The van der Waals surface area contributed by atoms with Gasteiger partial charge in [-0.15, -0.1) is 0 Å². The van der Waals surface area contributed by atoms with E-state index in [1.165, 1.54) is 12.1 Å². The minimum atomic E-state index is -0.688. The normalized spacial score (nSPS) is 16.0. The second-order valence-electron chi connectivity index (χ2n) is 6.96. The van der Waals surface area contributed by atoms with Gasteiger partial charge in [-0.3, -0.25) is 25.7 Å². The average molecular weight is 434 g/mol. The maximum Gasteiger partial charge on any atom is 0.301 e. The van der Waals surface area contributed by atoms with Crippen LogP contribution in [0.2, 0.25) is 0 Å². The number of fused-ring (bicyclic) bond motifs is 1. The number of non-ortho nitro benzene ring substituents is 1. The number of hydrogen-bond donors (Lipinski definition) is 1. The Kier molecular flexibility index (Phi) is 5.67. The van der Waals surface area contributed by atoms with Crippen molar-refractivity contribution < 1.29 is 19.3 Å². The zero-order valence-corrected chi connectivity index (χ0v) is 16.9. The second-order valence-corrected chi connectivity index (χ2v) is 6.96. The number of nitro benzene ring substituents is 2. The largest absolute Gasteiger partial charge is 0.497 e. The van der Waals surface area contributed by atoms with Gasteiger partial charge >= 0.3 is 5.69 Å². The highest BCUT2D eigenvalue weighted by atomic mass is 16.6. The molecule has 3 aromatic carbocycles. The van der Waals surface area contributed by atoms with E-state index >= 15 is 0 Å². The van der Waals surface area contributed by atoms with Gasteiger partial charge in [0.05, 0.1) is 34.7 Å². The lowest BCUT2D eigenvalue weighted by Gasteiger charge is -2.27. The molecule has 0 saturated heterocycles. The van der Waals surface area contributed by atoms with Crippen molar-refractivity contribution in [2.45, 2.75) is 5.92 Å². The molecule has 1 N–H and O–H groups in total. The van der Waals surface area contributed by atoms with E-state index < -0.39 is 15.5 Å². The highest BCUT2D eigenvalue weighted by Gasteiger charge is 2.29. The third-order valence-electron chi connectivity index (χ3n) is 5.09. The minimum Gasteiger partial charge on any atom is -0.497 e. The molecule has 1 aliphatic rings. The third-order valence-corrected chi connectivity index (χ3v) is 5.09. The smallest absolute Gasteiger partial charge is 0.301 e. The number of benzene rings is 3. The number of methoxy groups -OCH3 is 1. The van der Waals surface area contributed by atoms with E-state index in [0.29, 0.717) is 29.4 Å². The fraction of sp³-hybridized carbons (Fsp3) is 0.136. The molecule has 0 amide bonds. The van der Waals surface area contributed by atoms with E-state index in [-0.39, 0.29) is 17.3 Å². The van der Waals surface area contributed by atoms with Crippen LogP contribution in [0.4, 0.5) is 17.1 Å². The van der Waals surface area contributed by atoms with Crippen LogP contribution in [0.25, 0.3) is 0 Å². The van der Waals surface area contributed by atoms with Crippen LogP contribution in [0.15, 0.2) is 71.8 Å². The topological polar surface area (TPSA) is 129 Å². The molecule has 0 saturated carbocycles. The molecule has 0 spiro atoms. The van der Waals surface area contributed by atoms with Gasteiger partial charge in [0, 0.05) is 17.7 Å². The molecule has 0 aromatic heterocycles. The molecule has 10 nitrogen and oxygen atoms in total. The van der Waals surface area contributed by atoms with Crippen LogP contribution >= 0.6 is 0 Å². The van der Waals surface area contributed by atoms with Crippen molar-refractivity contribution in [3.8, 4) is 11.5 Å². The van der Waals surface area contributed by atoms with Crippen LogP contribution in [-0.2, 0) is 0 Å². The Morgan fingerprint density at radius 2 is 1.81 bits per heavy atom. The number of rotatable bonds is 6. The Morgan fingerprint density at radius 1 is 1.03 bits per heavy atom. The van der Waals surface area contributed by atoms with Crippen LogP contribution in [0.1, 0.15) is 17.0 Å². The summed E-state index contributed by atoms with van der Waals surface area (Å²) in [4.78, 5) is 21.1. The molecule has 32 heavy (non-hydrogen) atoms. The SMILES string of the molecule is COc1ccc2c(c1)OCC(c1ccccc1)C2=NNc1ccc([N+](=O)[O-])cc1[N+](=O)[O-]. The number of anilines is 1. The first-order valence-corrected chi connectivity index (χ1v) is 9.60. The Labute approximate surface area is 182 Å². The molecule has 0 radical (unpaired) electrons. The zero-order valence-electron chi connectivity index (χ0n) is 16.9. The molecule has 4 rings (SSSR count). The van der Waals surface area contributed by atoms with E-state index in [4.69, 9.17) is 9.47 Å². The first-order chi connectivity index (χ1) is 15.5. The molecule has 1 aliphatic heterocycles. The number of nitrogens with zero attached hydrogens (tertiary/aromatic N) is 3. The van der Waals surface area contributed by atoms with E-state index in [9.17, 15) is 20.2 Å². The lowest BCUT2D eigenvalue weighted by atomic mass is 9.88. The lowest BCUT2D eigenvalue weighted by molar-refractivity contribution is -0.393. The van der Waals surface area contributed by atoms with Gasteiger partial charge in [-0.05, 0) is 23.8 Å². The molecule has 0 aliphatic carbocycles. The van der Waals surface area contributed by atoms with Crippen LogP contribution in [0, 0.1) is 20.2 Å². The molecule has 3 aromatic rings. The molecule has 10 heteroatoms. The standard InChI is InChI=1S/C22H18N4O6/c1-31-16-8-9-17-21(12-16)32-13-18(14-5-3-2-4-6-14)22(17)24-23-19-10-7-15(25(27)28)11-20(19)26(29)30/h2-12,18,23H,13H2,1H3. The molecule has 0 fully saturated rings. The summed E-state index contributed by atoms with van der Waals surface area (Å²) in [7, 11) is 1.56. The van der Waals surface area contributed by atoms with Gasteiger partial charge < -0.3 is 9.47 Å². The number of hydrogen-bond acceptors (Lipinski definition) is 8. The van der Waals surface area contributed by atoms with Gasteiger partial charge in [-0.1, -0.05) is 30.3 Å². The Morgan fingerprint density at radius 3 is 2.50 bits per heavy atom. The summed E-state index contributed by atoms with van der Waals surface area (Å²) in [5.41, 5.74) is 4.26. The van der Waals surface area contributed by atoms with Crippen molar-refractivity contribution in [3.63, 3.8) is 0 Å². The Hall–Kier alpha value is -4.47. The third kappa shape index (κ3) is 4.06. The van der Waals surface area contributed by atoms with Crippen molar-refractivity contribution in [2.75, 3.05) is 19.1 Å². The van der Waals surface area contributed by atoms with Gasteiger partial charge in [0.15, 0.2) is 0 Å². The summed E-state index contributed by atoms with van der Waals surface area (Å²) in [6, 6.07) is 18.3. The van der Waals surface area contributed by atoms with Crippen molar-refractivity contribution in [1.82, 2.24) is 0 Å². The van der Waals surface area contributed by atoms with Crippen LogP contribution in [-0.4, -0.2) is 29.3 Å². The van der Waals surface area contributed by atoms with Crippen LogP contribution in [0.3, 0.4) is 0 Å². The monoisotopic (exact) mass is 434 g/mol. The van der Waals surface area contributed by atoms with Gasteiger partial charge in [0.2, 0.25) is 0 Å². The van der Waals surface area contributed by atoms with E-state index in [1.54, 1.807) is 19.2 Å². The molecular formula is C22H18N4O6. The zero-order chi connectivity index (χ0) is 22.7. The van der Waals surface area contributed by atoms with Crippen molar-refractivity contribution in [2.24, 2.45) is 5.10 Å². The van der Waals surface area contributed by atoms with Gasteiger partial charge in [0.25, 0.3) is 5.69 Å². The highest BCUT2D eigenvalue weighted by molar-refractivity contribution is 6.08. The van der Waals surface area contributed by atoms with Gasteiger partial charge in [-0.2, -0.15) is 5.10 Å². The molecule has 0 bridgehead atoms. The minimum absolute atomic E-state index is 0.0430. The van der Waals surface area contributed by atoms with Crippen molar-refractivity contribution in [1.29, 1.82) is 0 Å². The second kappa shape index (κ2) is 8.72. The first kappa shape index (κ1) is 20.8. The summed E-state index contributed by atoms with van der Waals surface area (Å²) in [5.74, 6) is 0.970. The molecule has 1 atom stereocenters. The quantitative estimate of drug-likeness (QED) is 0.446. The summed E-state index contributed by atoms with van der Waals surface area (Å²) in [5, 5.41) is 27.0. The highest BCUT2D eigenvalue weighted by Crippen LogP contribution is 2.36. The lowest BCUT2D eigenvalue weighted by Crippen LogP contribution is -2.27. The van der Waals surface area contributed by atoms with Crippen molar-refractivity contribution >= 4 is 22.8 Å². The van der Waals surface area contributed by atoms with Crippen LogP contribution in [0.5, 0.6) is 11.5 Å². The Bertz CT molecular complexity index is 1210. The Balaban J connectivity index is 1.78.